The maximum Gasteiger partial charge on any atom is 0.272 e. The molecule has 0 atom stereocenters. The highest BCUT2D eigenvalue weighted by molar-refractivity contribution is 7.89. The molecule has 0 radical (unpaired) electrons. The molecule has 1 aliphatic rings. The molecule has 0 bridgehead atoms. The van der Waals surface area contributed by atoms with Crippen LogP contribution in [0, 0.1) is 0 Å². The number of furan rings is 1. The third kappa shape index (κ3) is 4.00. The molecule has 3 heterocycles. The molecule has 0 unspecified atom stereocenters. The summed E-state index contributed by atoms with van der Waals surface area (Å²) in [4.78, 5) is 27.1. The van der Waals surface area contributed by atoms with Crippen LogP contribution in [0.1, 0.15) is 21.8 Å². The number of fused-ring (bicyclic) bond motifs is 2. The highest BCUT2D eigenvalue weighted by atomic mass is 32.2. The van der Waals surface area contributed by atoms with Crippen molar-refractivity contribution in [2.75, 3.05) is 10.6 Å². The van der Waals surface area contributed by atoms with Crippen LogP contribution >= 0.6 is 0 Å². The Bertz CT molecular complexity index is 1480. The van der Waals surface area contributed by atoms with E-state index in [2.05, 4.69) is 22.2 Å². The minimum Gasteiger partial charge on any atom is -0.444 e. The van der Waals surface area contributed by atoms with E-state index in [4.69, 9.17) is 4.42 Å². The first-order valence-corrected chi connectivity index (χ1v) is 11.8. The molecule has 3 N–H and O–H groups in total. The smallest absolute Gasteiger partial charge is 0.272 e. The van der Waals surface area contributed by atoms with E-state index in [0.717, 1.165) is 17.0 Å². The number of amides is 2. The van der Waals surface area contributed by atoms with Gasteiger partial charge < -0.3 is 14.7 Å². The van der Waals surface area contributed by atoms with Crippen LogP contribution in [0.3, 0.4) is 0 Å². The fourth-order valence-electron chi connectivity index (χ4n) is 3.80. The number of rotatable bonds is 6. The summed E-state index contributed by atoms with van der Waals surface area (Å²) < 4.78 is 33.0. The monoisotopic (exact) mass is 476 g/mol. The molecule has 5 rings (SSSR count). The van der Waals surface area contributed by atoms with Gasteiger partial charge in [-0.25, -0.2) is 8.42 Å². The quantitative estimate of drug-likeness (QED) is 0.365. The fraction of sp³-hybridized carbons (Fsp3) is 0.0833. The predicted octanol–water partition coefficient (Wildman–Crippen LogP) is 3.84. The topological polar surface area (TPSA) is 125 Å². The number of carbonyl (C=O) groups is 2. The Morgan fingerprint density at radius 3 is 2.50 bits per heavy atom. The van der Waals surface area contributed by atoms with Crippen molar-refractivity contribution in [1.82, 2.24) is 9.29 Å². The number of anilines is 2. The number of para-hydroxylation sites is 1. The van der Waals surface area contributed by atoms with Crippen LogP contribution in [0.15, 0.2) is 82.6 Å². The first kappa shape index (κ1) is 21.7. The van der Waals surface area contributed by atoms with Crippen LogP contribution in [0.5, 0.6) is 0 Å². The second kappa shape index (κ2) is 8.32. The molecule has 34 heavy (non-hydrogen) atoms. The Hall–Kier alpha value is -4.15. The summed E-state index contributed by atoms with van der Waals surface area (Å²) in [5.41, 5.74) is 2.42. The Labute approximate surface area is 195 Å². The van der Waals surface area contributed by atoms with E-state index in [9.17, 15) is 18.0 Å². The molecule has 0 fully saturated rings. The van der Waals surface area contributed by atoms with Gasteiger partial charge in [0.15, 0.2) is 5.88 Å². The number of hydrogen-bond acceptors (Lipinski definition) is 5. The Morgan fingerprint density at radius 1 is 1.03 bits per heavy atom. The maximum absolute atomic E-state index is 13.1. The van der Waals surface area contributed by atoms with Crippen molar-refractivity contribution in [3.63, 3.8) is 0 Å². The number of carbonyl (C=O) groups excluding carboxylic acids is 2. The summed E-state index contributed by atoms with van der Waals surface area (Å²) in [6.07, 6.45) is 1.12. The van der Waals surface area contributed by atoms with Crippen molar-refractivity contribution in [1.29, 1.82) is 0 Å². The van der Waals surface area contributed by atoms with E-state index in [1.807, 2.05) is 24.3 Å². The van der Waals surface area contributed by atoms with Gasteiger partial charge in [0.05, 0.1) is 11.4 Å². The minimum absolute atomic E-state index is 0.0560. The van der Waals surface area contributed by atoms with Gasteiger partial charge in [0.2, 0.25) is 15.9 Å². The standard InChI is InChI=1S/C24H20N4O5S/c1-2-22(29)27-23-12-16-13-28(14-21(16)33-23)34(31,32)18-9-7-17(8-10-18)25-24(30)20-11-15-5-3-4-6-19(15)26-20/h2-12,26H,1,13-14H2,(H,25,30)(H,27,29). The Morgan fingerprint density at radius 2 is 1.79 bits per heavy atom. The second-order valence-electron chi connectivity index (χ2n) is 7.77. The molecule has 0 spiro atoms. The van der Waals surface area contributed by atoms with Crippen molar-refractivity contribution >= 4 is 44.3 Å². The summed E-state index contributed by atoms with van der Waals surface area (Å²) in [7, 11) is -3.78. The second-order valence-corrected chi connectivity index (χ2v) is 9.71. The van der Waals surface area contributed by atoms with Gasteiger partial charge >= 0.3 is 0 Å². The van der Waals surface area contributed by atoms with Gasteiger partial charge in [-0.05, 0) is 42.5 Å². The van der Waals surface area contributed by atoms with Gasteiger partial charge in [-0.15, -0.1) is 0 Å². The number of aromatic amines is 1. The van der Waals surface area contributed by atoms with Gasteiger partial charge in [-0.1, -0.05) is 24.8 Å². The van der Waals surface area contributed by atoms with Crippen molar-refractivity contribution in [3.05, 3.63) is 90.3 Å². The number of nitrogens with one attached hydrogen (secondary N) is 3. The minimum atomic E-state index is -3.78. The molecule has 9 nitrogen and oxygen atoms in total. The van der Waals surface area contributed by atoms with Gasteiger partial charge in [0.25, 0.3) is 5.91 Å². The van der Waals surface area contributed by atoms with Crippen molar-refractivity contribution in [2.45, 2.75) is 18.0 Å². The average molecular weight is 477 g/mol. The van der Waals surface area contributed by atoms with Crippen molar-refractivity contribution in [3.8, 4) is 0 Å². The third-order valence-corrected chi connectivity index (χ3v) is 7.33. The Balaban J connectivity index is 1.26. The van der Waals surface area contributed by atoms with Crippen LogP contribution < -0.4 is 10.6 Å². The van der Waals surface area contributed by atoms with Gasteiger partial charge in [-0.2, -0.15) is 4.31 Å². The van der Waals surface area contributed by atoms with Crippen LogP contribution in [0.2, 0.25) is 0 Å². The number of benzene rings is 2. The molecular weight excluding hydrogens is 456 g/mol. The normalized spacial score (nSPS) is 13.5. The zero-order chi connectivity index (χ0) is 23.9. The summed E-state index contributed by atoms with van der Waals surface area (Å²) in [5, 5.41) is 6.21. The highest BCUT2D eigenvalue weighted by Gasteiger charge is 2.33. The fourth-order valence-corrected chi connectivity index (χ4v) is 5.17. The lowest BCUT2D eigenvalue weighted by atomic mass is 10.2. The first-order valence-electron chi connectivity index (χ1n) is 10.4. The van der Waals surface area contributed by atoms with Crippen molar-refractivity contribution < 1.29 is 22.4 Å². The lowest BCUT2D eigenvalue weighted by molar-refractivity contribution is -0.112. The summed E-state index contributed by atoms with van der Waals surface area (Å²) in [6.45, 7) is 3.56. The average Bonchev–Trinajstić information content (AvgIpc) is 3.52. The molecule has 2 aromatic carbocycles. The highest BCUT2D eigenvalue weighted by Crippen LogP contribution is 2.33. The van der Waals surface area contributed by atoms with E-state index in [1.165, 1.54) is 16.4 Å². The largest absolute Gasteiger partial charge is 0.444 e. The van der Waals surface area contributed by atoms with Gasteiger partial charge in [0, 0.05) is 34.8 Å². The molecule has 0 saturated heterocycles. The van der Waals surface area contributed by atoms with Gasteiger partial charge in [0.1, 0.15) is 11.5 Å². The molecule has 0 aliphatic carbocycles. The number of sulfonamides is 1. The molecule has 1 aliphatic heterocycles. The van der Waals surface area contributed by atoms with Crippen LogP contribution in [-0.2, 0) is 27.9 Å². The number of hydrogen-bond donors (Lipinski definition) is 3. The summed E-state index contributed by atoms with van der Waals surface area (Å²) in [5.74, 6) is -0.00366. The molecule has 4 aromatic rings. The van der Waals surface area contributed by atoms with E-state index in [0.29, 0.717) is 22.7 Å². The predicted molar refractivity (Wildman–Crippen MR) is 127 cm³/mol. The first-order chi connectivity index (χ1) is 16.3. The number of H-pyrrole nitrogens is 1. The van der Waals surface area contributed by atoms with Crippen LogP contribution in [-0.4, -0.2) is 29.5 Å². The zero-order valence-corrected chi connectivity index (χ0v) is 18.7. The maximum atomic E-state index is 13.1. The van der Waals surface area contributed by atoms with E-state index < -0.39 is 15.9 Å². The SMILES string of the molecule is C=CC(=O)Nc1cc2c(o1)CN(S(=O)(=O)c1ccc(NC(=O)c3cc4ccccc4[nH]3)cc1)C2. The number of aromatic nitrogens is 1. The molecule has 172 valence electrons. The Kier molecular flexibility index (Phi) is 5.31. The molecule has 0 saturated carbocycles. The molecular formula is C24H20N4O5S. The molecule has 2 amide bonds. The summed E-state index contributed by atoms with van der Waals surface area (Å²) in [6, 6.07) is 16.9. The molecule has 10 heteroatoms. The summed E-state index contributed by atoms with van der Waals surface area (Å²) >= 11 is 0. The van der Waals surface area contributed by atoms with Gasteiger partial charge in [-0.3, -0.25) is 14.9 Å². The molecule has 2 aromatic heterocycles. The van der Waals surface area contributed by atoms with E-state index >= 15 is 0 Å². The zero-order valence-electron chi connectivity index (χ0n) is 17.9. The van der Waals surface area contributed by atoms with E-state index in [-0.39, 0.29) is 29.8 Å². The number of nitrogens with zero attached hydrogens (tertiary/aromatic N) is 1. The lowest BCUT2D eigenvalue weighted by Gasteiger charge is -2.16. The third-order valence-electron chi connectivity index (χ3n) is 5.52. The van der Waals surface area contributed by atoms with Crippen LogP contribution in [0.25, 0.3) is 10.9 Å². The lowest BCUT2D eigenvalue weighted by Crippen LogP contribution is -2.25. The van der Waals surface area contributed by atoms with Crippen LogP contribution in [0.4, 0.5) is 11.6 Å². The van der Waals surface area contributed by atoms with Crippen molar-refractivity contribution in [2.24, 2.45) is 0 Å². The van der Waals surface area contributed by atoms with E-state index in [1.54, 1.807) is 24.3 Å².